The van der Waals surface area contributed by atoms with Gasteiger partial charge in [0.2, 0.25) is 11.8 Å². The number of nitrogens with zero attached hydrogens (tertiary/aromatic N) is 2. The molecule has 7 nitrogen and oxygen atoms in total. The van der Waals surface area contributed by atoms with Crippen LogP contribution in [0.15, 0.2) is 77.7 Å². The Morgan fingerprint density at radius 3 is 2.08 bits per heavy atom. The quantitative estimate of drug-likeness (QED) is 0.369. The molecule has 0 aliphatic carbocycles. The predicted octanol–water partition coefficient (Wildman–Crippen LogP) is 5.48. The molecule has 0 saturated heterocycles. The van der Waals surface area contributed by atoms with Crippen LogP contribution in [0.5, 0.6) is 0 Å². The Labute approximate surface area is 236 Å². The standard InChI is InChI=1S/C30H36ClN3O4S/c1-21-9-7-11-24(17-21)19-33(23(3)29(36)32-30(4,5)6)28(35)20-34(26-12-8-10-22(2)18-26)39(37,38)27-15-13-25(31)14-16-27/h7-18,23H,19-20H2,1-6H3,(H,32,36). The molecule has 1 unspecified atom stereocenters. The summed E-state index contributed by atoms with van der Waals surface area (Å²) in [6, 6.07) is 19.6. The summed E-state index contributed by atoms with van der Waals surface area (Å²) in [5.74, 6) is -0.835. The van der Waals surface area contributed by atoms with E-state index in [1.165, 1.54) is 29.2 Å². The molecule has 39 heavy (non-hydrogen) atoms. The van der Waals surface area contributed by atoms with Crippen molar-refractivity contribution in [3.8, 4) is 0 Å². The number of aryl methyl sites for hydroxylation is 2. The Hall–Kier alpha value is -3.36. The molecule has 0 bridgehead atoms. The van der Waals surface area contributed by atoms with Gasteiger partial charge in [0.15, 0.2) is 0 Å². The second kappa shape index (κ2) is 12.2. The van der Waals surface area contributed by atoms with Crippen molar-refractivity contribution in [3.63, 3.8) is 0 Å². The van der Waals surface area contributed by atoms with Crippen LogP contribution in [0.1, 0.15) is 44.4 Å². The average molecular weight is 570 g/mol. The van der Waals surface area contributed by atoms with Crippen molar-refractivity contribution in [2.45, 2.75) is 64.6 Å². The Bertz CT molecular complexity index is 1430. The van der Waals surface area contributed by atoms with E-state index >= 15 is 0 Å². The van der Waals surface area contributed by atoms with Crippen LogP contribution in [-0.4, -0.2) is 43.3 Å². The lowest BCUT2D eigenvalue weighted by atomic mass is 10.1. The lowest BCUT2D eigenvalue weighted by Gasteiger charge is -2.33. The fourth-order valence-corrected chi connectivity index (χ4v) is 5.64. The minimum absolute atomic E-state index is 0.00460. The van der Waals surface area contributed by atoms with Gasteiger partial charge in [-0.3, -0.25) is 13.9 Å². The summed E-state index contributed by atoms with van der Waals surface area (Å²) in [6.45, 7) is 10.7. The third-order valence-corrected chi connectivity index (χ3v) is 8.11. The lowest BCUT2D eigenvalue weighted by Crippen LogP contribution is -2.54. The molecule has 0 saturated carbocycles. The van der Waals surface area contributed by atoms with Crippen molar-refractivity contribution < 1.29 is 18.0 Å². The molecule has 1 N–H and O–H groups in total. The first kappa shape index (κ1) is 30.2. The van der Waals surface area contributed by atoms with Gasteiger partial charge in [0.1, 0.15) is 12.6 Å². The van der Waals surface area contributed by atoms with E-state index < -0.39 is 34.1 Å². The Morgan fingerprint density at radius 1 is 0.923 bits per heavy atom. The van der Waals surface area contributed by atoms with Crippen LogP contribution >= 0.6 is 11.6 Å². The minimum atomic E-state index is -4.14. The van der Waals surface area contributed by atoms with E-state index in [9.17, 15) is 18.0 Å². The largest absolute Gasteiger partial charge is 0.350 e. The summed E-state index contributed by atoms with van der Waals surface area (Å²) in [5.41, 5.74) is 2.53. The van der Waals surface area contributed by atoms with Crippen LogP contribution in [0.25, 0.3) is 0 Å². The van der Waals surface area contributed by atoms with E-state index in [0.29, 0.717) is 10.7 Å². The third kappa shape index (κ3) is 8.07. The van der Waals surface area contributed by atoms with Crippen molar-refractivity contribution >= 4 is 39.1 Å². The van der Waals surface area contributed by atoms with Crippen LogP contribution in [0, 0.1) is 13.8 Å². The molecule has 2 amide bonds. The van der Waals surface area contributed by atoms with E-state index in [2.05, 4.69) is 5.32 Å². The zero-order chi connectivity index (χ0) is 29.0. The van der Waals surface area contributed by atoms with E-state index in [1.54, 1.807) is 25.1 Å². The van der Waals surface area contributed by atoms with Crippen LogP contribution in [-0.2, 0) is 26.2 Å². The van der Waals surface area contributed by atoms with Gasteiger partial charge in [-0.1, -0.05) is 53.6 Å². The second-order valence-corrected chi connectivity index (χ2v) is 13.0. The highest BCUT2D eigenvalue weighted by atomic mass is 35.5. The summed E-state index contributed by atoms with van der Waals surface area (Å²) in [7, 11) is -4.14. The second-order valence-electron chi connectivity index (χ2n) is 10.7. The molecule has 0 aromatic heterocycles. The number of sulfonamides is 1. The molecule has 0 spiro atoms. The number of benzene rings is 3. The van der Waals surface area contributed by atoms with Gasteiger partial charge in [-0.25, -0.2) is 8.42 Å². The first-order chi connectivity index (χ1) is 18.2. The third-order valence-electron chi connectivity index (χ3n) is 6.07. The van der Waals surface area contributed by atoms with E-state index in [1.807, 2.05) is 65.0 Å². The predicted molar refractivity (Wildman–Crippen MR) is 156 cm³/mol. The van der Waals surface area contributed by atoms with Crippen LogP contribution < -0.4 is 9.62 Å². The van der Waals surface area contributed by atoms with Gasteiger partial charge in [-0.15, -0.1) is 0 Å². The maximum Gasteiger partial charge on any atom is 0.264 e. The Balaban J connectivity index is 2.04. The SMILES string of the molecule is Cc1cccc(CN(C(=O)CN(c2cccc(C)c2)S(=O)(=O)c2ccc(Cl)cc2)C(C)C(=O)NC(C)(C)C)c1. The fraction of sp³-hybridized carbons (Fsp3) is 0.333. The van der Waals surface area contributed by atoms with Crippen molar-refractivity contribution in [2.75, 3.05) is 10.8 Å². The van der Waals surface area contributed by atoms with Gasteiger partial charge in [0.05, 0.1) is 10.6 Å². The summed E-state index contributed by atoms with van der Waals surface area (Å²) >= 11 is 6.00. The van der Waals surface area contributed by atoms with Crippen LogP contribution in [0.2, 0.25) is 5.02 Å². The van der Waals surface area contributed by atoms with Gasteiger partial charge < -0.3 is 10.2 Å². The highest BCUT2D eigenvalue weighted by molar-refractivity contribution is 7.92. The Kier molecular flexibility index (Phi) is 9.46. The maximum absolute atomic E-state index is 14.0. The molecule has 3 rings (SSSR count). The summed E-state index contributed by atoms with van der Waals surface area (Å²) in [6.07, 6.45) is 0. The molecule has 0 aliphatic heterocycles. The van der Waals surface area contributed by atoms with Crippen molar-refractivity contribution in [1.82, 2.24) is 10.2 Å². The Morgan fingerprint density at radius 2 is 1.51 bits per heavy atom. The lowest BCUT2D eigenvalue weighted by molar-refractivity contribution is -0.140. The molecule has 208 valence electrons. The average Bonchev–Trinajstić information content (AvgIpc) is 2.84. The minimum Gasteiger partial charge on any atom is -0.350 e. The van der Waals surface area contributed by atoms with Crippen LogP contribution in [0.4, 0.5) is 5.69 Å². The van der Waals surface area contributed by atoms with Crippen LogP contribution in [0.3, 0.4) is 0 Å². The molecule has 0 heterocycles. The van der Waals surface area contributed by atoms with E-state index in [4.69, 9.17) is 11.6 Å². The molecular weight excluding hydrogens is 534 g/mol. The van der Waals surface area contributed by atoms with Gasteiger partial charge in [0.25, 0.3) is 10.0 Å². The number of amides is 2. The smallest absolute Gasteiger partial charge is 0.264 e. The van der Waals surface area contributed by atoms with Gasteiger partial charge in [-0.2, -0.15) is 0 Å². The molecule has 0 aliphatic rings. The number of hydrogen-bond donors (Lipinski definition) is 1. The molecule has 0 radical (unpaired) electrons. The molecule has 3 aromatic rings. The zero-order valence-corrected chi connectivity index (χ0v) is 24.8. The van der Waals surface area contributed by atoms with Gasteiger partial charge in [0, 0.05) is 17.1 Å². The number of hydrogen-bond acceptors (Lipinski definition) is 4. The number of nitrogens with one attached hydrogen (secondary N) is 1. The highest BCUT2D eigenvalue weighted by Crippen LogP contribution is 2.26. The molecule has 3 aromatic carbocycles. The molecule has 1 atom stereocenters. The van der Waals surface area contributed by atoms with Gasteiger partial charge >= 0.3 is 0 Å². The topological polar surface area (TPSA) is 86.8 Å². The molecule has 9 heteroatoms. The van der Waals surface area contributed by atoms with Crippen molar-refractivity contribution in [1.29, 1.82) is 0 Å². The number of carbonyl (C=O) groups excluding carboxylic acids is 2. The van der Waals surface area contributed by atoms with Gasteiger partial charge in [-0.05, 0) is 89.1 Å². The number of anilines is 1. The maximum atomic E-state index is 14.0. The van der Waals surface area contributed by atoms with E-state index in [0.717, 1.165) is 21.0 Å². The first-order valence-corrected chi connectivity index (χ1v) is 14.5. The zero-order valence-electron chi connectivity index (χ0n) is 23.2. The number of halogens is 1. The normalized spacial score (nSPS) is 12.5. The first-order valence-electron chi connectivity index (χ1n) is 12.7. The molecule has 0 fully saturated rings. The summed E-state index contributed by atoms with van der Waals surface area (Å²) < 4.78 is 28.8. The fourth-order valence-electron chi connectivity index (χ4n) is 4.11. The van der Waals surface area contributed by atoms with Crippen molar-refractivity contribution in [2.24, 2.45) is 0 Å². The molecular formula is C30H36ClN3O4S. The number of carbonyl (C=O) groups is 2. The monoisotopic (exact) mass is 569 g/mol. The summed E-state index contributed by atoms with van der Waals surface area (Å²) in [4.78, 5) is 28.6. The highest BCUT2D eigenvalue weighted by Gasteiger charge is 2.33. The van der Waals surface area contributed by atoms with E-state index in [-0.39, 0.29) is 17.3 Å². The number of rotatable bonds is 9. The summed E-state index contributed by atoms with van der Waals surface area (Å²) in [5, 5.41) is 3.33. The van der Waals surface area contributed by atoms with Crippen molar-refractivity contribution in [3.05, 3.63) is 94.5 Å².